The predicted octanol–water partition coefficient (Wildman–Crippen LogP) is -0.199. The molecule has 110 valence electrons. The molecule has 1 aromatic rings. The average molecular weight is 285 g/mol. The Kier molecular flexibility index (Phi) is 4.03. The van der Waals surface area contributed by atoms with Crippen molar-refractivity contribution >= 4 is 17.6 Å². The van der Waals surface area contributed by atoms with E-state index < -0.39 is 11.0 Å². The van der Waals surface area contributed by atoms with Crippen molar-refractivity contribution in [3.63, 3.8) is 0 Å². The van der Waals surface area contributed by atoms with Crippen LogP contribution in [0.25, 0.3) is 0 Å². The van der Waals surface area contributed by atoms with Crippen LogP contribution in [0.1, 0.15) is 0 Å². The van der Waals surface area contributed by atoms with Crippen LogP contribution in [0.4, 0.5) is 16.3 Å². The molecule has 10 heteroatoms. The lowest BCUT2D eigenvalue weighted by Gasteiger charge is -2.33. The molecule has 0 aromatic carbocycles. The van der Waals surface area contributed by atoms with E-state index in [0.717, 1.165) is 0 Å². The van der Waals surface area contributed by atoms with Gasteiger partial charge in [0.2, 0.25) is 5.82 Å². The molecule has 0 bridgehead atoms. The predicted molar refractivity (Wildman–Crippen MR) is 67.8 cm³/mol. The van der Waals surface area contributed by atoms with E-state index in [9.17, 15) is 14.9 Å². The monoisotopic (exact) mass is 285 g/mol. The Balaban J connectivity index is 2.10. The van der Waals surface area contributed by atoms with E-state index in [4.69, 9.17) is 9.84 Å². The maximum Gasteiger partial charge on any atom is 0.404 e. The number of hydrogen-bond acceptors (Lipinski definition) is 6. The summed E-state index contributed by atoms with van der Waals surface area (Å²) in [6.45, 7) is 1.36. The summed E-state index contributed by atoms with van der Waals surface area (Å²) in [5.74, 6) is 0.402. The molecule has 1 aromatic heterocycles. The molecule has 1 aliphatic rings. The zero-order valence-corrected chi connectivity index (χ0v) is 10.9. The van der Waals surface area contributed by atoms with Gasteiger partial charge in [0, 0.05) is 26.7 Å². The number of nitro groups is 1. The van der Waals surface area contributed by atoms with Crippen molar-refractivity contribution in [1.29, 1.82) is 0 Å². The first-order valence-corrected chi connectivity index (χ1v) is 5.98. The molecular formula is C10H15N5O5. The standard InChI is InChI=1S/C10H15N5O5/c1-13-9(8(5-12-13)15(18)19)14-2-3-20-7(6-14)4-11-10(16)17/h5,7,11H,2-4,6H2,1H3,(H,16,17). The third-order valence-electron chi connectivity index (χ3n) is 3.00. The maximum atomic E-state index is 11.0. The van der Waals surface area contributed by atoms with Gasteiger partial charge in [-0.05, 0) is 0 Å². The molecule has 20 heavy (non-hydrogen) atoms. The second-order valence-electron chi connectivity index (χ2n) is 4.36. The van der Waals surface area contributed by atoms with Crippen LogP contribution in [0.2, 0.25) is 0 Å². The van der Waals surface area contributed by atoms with Gasteiger partial charge in [-0.15, -0.1) is 0 Å². The van der Waals surface area contributed by atoms with Crippen LogP contribution in [0.5, 0.6) is 0 Å². The third-order valence-corrected chi connectivity index (χ3v) is 3.00. The summed E-state index contributed by atoms with van der Waals surface area (Å²) in [7, 11) is 1.63. The highest BCUT2D eigenvalue weighted by molar-refractivity contribution is 5.64. The molecule has 1 saturated heterocycles. The van der Waals surface area contributed by atoms with E-state index in [0.29, 0.717) is 25.5 Å². The summed E-state index contributed by atoms with van der Waals surface area (Å²) in [5.41, 5.74) is -0.0701. The topological polar surface area (TPSA) is 123 Å². The first-order valence-electron chi connectivity index (χ1n) is 5.98. The summed E-state index contributed by atoms with van der Waals surface area (Å²) in [6.07, 6.45) is -0.276. The van der Waals surface area contributed by atoms with Gasteiger partial charge < -0.3 is 20.1 Å². The van der Waals surface area contributed by atoms with Gasteiger partial charge in [0.1, 0.15) is 6.20 Å². The molecule has 0 aliphatic carbocycles. The van der Waals surface area contributed by atoms with Crippen LogP contribution in [-0.2, 0) is 11.8 Å². The minimum atomic E-state index is -1.13. The Morgan fingerprint density at radius 3 is 3.15 bits per heavy atom. The first-order chi connectivity index (χ1) is 9.49. The normalized spacial score (nSPS) is 18.9. The lowest BCUT2D eigenvalue weighted by molar-refractivity contribution is -0.384. The number of aryl methyl sites for hydroxylation is 1. The number of carbonyl (C=O) groups is 1. The molecule has 2 N–H and O–H groups in total. The number of hydrogen-bond donors (Lipinski definition) is 2. The quantitative estimate of drug-likeness (QED) is 0.580. The van der Waals surface area contributed by atoms with Gasteiger partial charge in [0.05, 0.1) is 17.6 Å². The van der Waals surface area contributed by atoms with Crippen molar-refractivity contribution in [1.82, 2.24) is 15.1 Å². The highest BCUT2D eigenvalue weighted by Crippen LogP contribution is 2.28. The molecular weight excluding hydrogens is 270 g/mol. The van der Waals surface area contributed by atoms with Crippen molar-refractivity contribution in [2.45, 2.75) is 6.10 Å². The van der Waals surface area contributed by atoms with Gasteiger partial charge in [0.15, 0.2) is 0 Å². The van der Waals surface area contributed by atoms with Crippen LogP contribution in [0.3, 0.4) is 0 Å². The number of ether oxygens (including phenoxy) is 1. The molecule has 1 aliphatic heterocycles. The Labute approximate surface area is 114 Å². The number of amides is 1. The number of aromatic nitrogens is 2. The highest BCUT2D eigenvalue weighted by Gasteiger charge is 2.29. The zero-order chi connectivity index (χ0) is 14.7. The molecule has 1 unspecified atom stereocenters. The fourth-order valence-electron chi connectivity index (χ4n) is 2.15. The minimum Gasteiger partial charge on any atom is -0.465 e. The molecule has 2 heterocycles. The van der Waals surface area contributed by atoms with E-state index in [1.54, 1.807) is 11.9 Å². The van der Waals surface area contributed by atoms with Crippen LogP contribution in [0.15, 0.2) is 6.20 Å². The Morgan fingerprint density at radius 2 is 2.50 bits per heavy atom. The second kappa shape index (κ2) is 5.74. The molecule has 2 rings (SSSR count). The van der Waals surface area contributed by atoms with Crippen molar-refractivity contribution in [2.24, 2.45) is 7.05 Å². The summed E-state index contributed by atoms with van der Waals surface area (Å²) < 4.78 is 6.87. The van der Waals surface area contributed by atoms with Crippen LogP contribution in [0, 0.1) is 10.1 Å². The highest BCUT2D eigenvalue weighted by atomic mass is 16.6. The van der Waals surface area contributed by atoms with Gasteiger partial charge in [-0.2, -0.15) is 5.10 Å². The number of anilines is 1. The summed E-state index contributed by atoms with van der Waals surface area (Å²) in [4.78, 5) is 22.7. The fraction of sp³-hybridized carbons (Fsp3) is 0.600. The second-order valence-corrected chi connectivity index (χ2v) is 4.36. The van der Waals surface area contributed by atoms with Gasteiger partial charge in [-0.25, -0.2) is 9.48 Å². The van der Waals surface area contributed by atoms with Crippen molar-refractivity contribution in [2.75, 3.05) is 31.1 Å². The Hall–Kier alpha value is -2.36. The number of rotatable bonds is 4. The Bertz CT molecular complexity index is 516. The van der Waals surface area contributed by atoms with Gasteiger partial charge in [-0.1, -0.05) is 0 Å². The van der Waals surface area contributed by atoms with E-state index >= 15 is 0 Å². The first kappa shape index (κ1) is 14.1. The lowest BCUT2D eigenvalue weighted by atomic mass is 10.2. The molecule has 1 atom stereocenters. The molecule has 1 amide bonds. The zero-order valence-electron chi connectivity index (χ0n) is 10.9. The lowest BCUT2D eigenvalue weighted by Crippen LogP contribution is -2.48. The van der Waals surface area contributed by atoms with Crippen LogP contribution < -0.4 is 10.2 Å². The molecule has 0 saturated carbocycles. The number of carboxylic acid groups (broad SMARTS) is 1. The van der Waals surface area contributed by atoms with Gasteiger partial charge >= 0.3 is 11.8 Å². The smallest absolute Gasteiger partial charge is 0.404 e. The van der Waals surface area contributed by atoms with Gasteiger partial charge in [0.25, 0.3) is 0 Å². The van der Waals surface area contributed by atoms with Crippen molar-refractivity contribution < 1.29 is 19.6 Å². The van der Waals surface area contributed by atoms with E-state index in [1.165, 1.54) is 10.9 Å². The number of nitrogens with zero attached hydrogens (tertiary/aromatic N) is 4. The minimum absolute atomic E-state index is 0.0701. The van der Waals surface area contributed by atoms with E-state index in [1.807, 2.05) is 0 Å². The largest absolute Gasteiger partial charge is 0.465 e. The Morgan fingerprint density at radius 1 is 1.75 bits per heavy atom. The van der Waals surface area contributed by atoms with Crippen molar-refractivity contribution in [3.8, 4) is 0 Å². The summed E-state index contributed by atoms with van der Waals surface area (Å²) in [5, 5.41) is 25.7. The number of nitrogens with one attached hydrogen (secondary N) is 1. The third kappa shape index (κ3) is 2.96. The van der Waals surface area contributed by atoms with Gasteiger partial charge in [-0.3, -0.25) is 10.1 Å². The molecule has 10 nitrogen and oxygen atoms in total. The average Bonchev–Trinajstić information content (AvgIpc) is 2.79. The summed E-state index contributed by atoms with van der Waals surface area (Å²) in [6, 6.07) is 0. The van der Waals surface area contributed by atoms with Crippen LogP contribution >= 0.6 is 0 Å². The fourth-order valence-corrected chi connectivity index (χ4v) is 2.15. The number of morpholine rings is 1. The molecule has 1 fully saturated rings. The van der Waals surface area contributed by atoms with Crippen LogP contribution in [-0.4, -0.2) is 58.2 Å². The summed E-state index contributed by atoms with van der Waals surface area (Å²) >= 11 is 0. The molecule has 0 spiro atoms. The van der Waals surface area contributed by atoms with E-state index in [2.05, 4.69) is 10.4 Å². The van der Waals surface area contributed by atoms with E-state index in [-0.39, 0.29) is 18.3 Å². The SMILES string of the molecule is Cn1ncc([N+](=O)[O-])c1N1CCOC(CNC(=O)O)C1. The maximum absolute atomic E-state index is 11.0. The molecule has 0 radical (unpaired) electrons. The van der Waals surface area contributed by atoms with Crippen molar-refractivity contribution in [3.05, 3.63) is 16.3 Å².